The molecule has 1 saturated heterocycles. The van der Waals surface area contributed by atoms with Gasteiger partial charge >= 0.3 is 0 Å². The summed E-state index contributed by atoms with van der Waals surface area (Å²) in [6.45, 7) is 7.77. The first-order valence-corrected chi connectivity index (χ1v) is 9.38. The van der Waals surface area contributed by atoms with Crippen LogP contribution in [0.15, 0.2) is 24.3 Å². The average Bonchev–Trinajstić information content (AvgIpc) is 3.01. The molecule has 2 atom stereocenters. The molecule has 134 valence electrons. The third-order valence-corrected chi connectivity index (χ3v) is 5.24. The van der Waals surface area contributed by atoms with Gasteiger partial charge in [0.25, 0.3) is 5.91 Å². The molecule has 1 N–H and O–H groups in total. The van der Waals surface area contributed by atoms with Gasteiger partial charge in [0, 0.05) is 19.6 Å². The third kappa shape index (κ3) is 5.06. The Morgan fingerprint density at radius 1 is 1.24 bits per heavy atom. The quantitative estimate of drug-likeness (QED) is 0.888. The van der Waals surface area contributed by atoms with Crippen LogP contribution in [0.1, 0.15) is 40.6 Å². The molecule has 3 rings (SSSR count). The molecule has 1 aromatic carbocycles. The Morgan fingerprint density at radius 3 is 2.60 bits per heavy atom. The van der Waals surface area contributed by atoms with Crippen LogP contribution in [0.4, 0.5) is 4.39 Å². The first kappa shape index (κ1) is 17.9. The van der Waals surface area contributed by atoms with E-state index in [1.54, 1.807) is 12.1 Å². The fraction of sp³-hybridized carbons (Fsp3) is 0.500. The smallest absolute Gasteiger partial charge is 0.282 e. The molecule has 0 spiro atoms. The minimum atomic E-state index is -0.287. The number of benzene rings is 1. The van der Waals surface area contributed by atoms with E-state index >= 15 is 0 Å². The summed E-state index contributed by atoms with van der Waals surface area (Å²) in [6, 6.07) is 6.07. The molecule has 2 aromatic rings. The summed E-state index contributed by atoms with van der Waals surface area (Å²) in [4.78, 5) is 14.6. The summed E-state index contributed by atoms with van der Waals surface area (Å²) in [7, 11) is 0. The van der Waals surface area contributed by atoms with Gasteiger partial charge in [0.2, 0.25) is 5.01 Å². The molecule has 25 heavy (non-hydrogen) atoms. The minimum absolute atomic E-state index is 0.242. The Labute approximate surface area is 151 Å². The molecule has 0 saturated carbocycles. The van der Waals surface area contributed by atoms with Gasteiger partial charge in [-0.05, 0) is 36.0 Å². The lowest BCUT2D eigenvalue weighted by Gasteiger charge is -2.34. The number of amides is 1. The number of carbonyl (C=O) groups excluding carboxylic acids is 1. The van der Waals surface area contributed by atoms with Gasteiger partial charge in [0.05, 0.1) is 6.54 Å². The second-order valence-corrected chi connectivity index (χ2v) is 8.01. The van der Waals surface area contributed by atoms with E-state index in [1.165, 1.54) is 29.9 Å². The van der Waals surface area contributed by atoms with E-state index in [-0.39, 0.29) is 11.7 Å². The van der Waals surface area contributed by atoms with Crippen molar-refractivity contribution in [1.29, 1.82) is 0 Å². The molecule has 0 radical (unpaired) electrons. The number of likely N-dealkylation sites (tertiary alicyclic amines) is 1. The van der Waals surface area contributed by atoms with Crippen LogP contribution in [0.25, 0.3) is 0 Å². The minimum Gasteiger partial charge on any atom is -0.346 e. The van der Waals surface area contributed by atoms with Crippen LogP contribution in [0.2, 0.25) is 0 Å². The predicted molar refractivity (Wildman–Crippen MR) is 95.7 cm³/mol. The number of nitrogens with one attached hydrogen (secondary N) is 1. The van der Waals surface area contributed by atoms with E-state index in [1.807, 2.05) is 0 Å². The monoisotopic (exact) mass is 362 g/mol. The molecule has 5 nitrogen and oxygen atoms in total. The lowest BCUT2D eigenvalue weighted by molar-refractivity contribution is 0.0950. The molecule has 1 amide bonds. The molecule has 7 heteroatoms. The number of piperidine rings is 1. The highest BCUT2D eigenvalue weighted by atomic mass is 32.1. The number of rotatable bonds is 5. The maximum Gasteiger partial charge on any atom is 0.282 e. The zero-order valence-electron chi connectivity index (χ0n) is 14.5. The zero-order chi connectivity index (χ0) is 17.8. The van der Waals surface area contributed by atoms with Gasteiger partial charge in [0.15, 0.2) is 0 Å². The normalized spacial score (nSPS) is 21.2. The fourth-order valence-corrected chi connectivity index (χ4v) is 4.18. The van der Waals surface area contributed by atoms with Crippen LogP contribution in [0.5, 0.6) is 0 Å². The summed E-state index contributed by atoms with van der Waals surface area (Å²) in [5.74, 6) is 0.851. The third-order valence-electron chi connectivity index (χ3n) is 4.33. The maximum absolute atomic E-state index is 12.9. The number of hydrogen-bond acceptors (Lipinski definition) is 5. The number of nitrogens with zero attached hydrogens (tertiary/aromatic N) is 3. The van der Waals surface area contributed by atoms with Crippen LogP contribution in [0.3, 0.4) is 0 Å². The number of halogens is 1. The molecule has 1 aliphatic rings. The van der Waals surface area contributed by atoms with Crippen LogP contribution >= 0.6 is 11.3 Å². The van der Waals surface area contributed by atoms with Crippen LogP contribution in [0, 0.1) is 17.7 Å². The SMILES string of the molecule is CC1CC(C)CN(Cc2nnc(C(=O)NCc3ccc(F)cc3)s2)C1. The van der Waals surface area contributed by atoms with E-state index in [2.05, 4.69) is 34.3 Å². The van der Waals surface area contributed by atoms with Crippen molar-refractivity contribution in [2.75, 3.05) is 13.1 Å². The highest BCUT2D eigenvalue weighted by Gasteiger charge is 2.23. The molecule has 1 aromatic heterocycles. The zero-order valence-corrected chi connectivity index (χ0v) is 15.4. The molecule has 1 fully saturated rings. The summed E-state index contributed by atoms with van der Waals surface area (Å²) in [5, 5.41) is 12.2. The number of aromatic nitrogens is 2. The van der Waals surface area contributed by atoms with Crippen molar-refractivity contribution >= 4 is 17.2 Å². The number of hydrogen-bond donors (Lipinski definition) is 1. The standard InChI is InChI=1S/C18H23FN4OS/c1-12-7-13(2)10-23(9-12)11-16-21-22-18(25-16)17(24)20-8-14-3-5-15(19)6-4-14/h3-6,12-13H,7-11H2,1-2H3,(H,20,24). The van der Waals surface area contributed by atoms with Crippen LogP contribution in [-0.2, 0) is 13.1 Å². The van der Waals surface area contributed by atoms with E-state index < -0.39 is 0 Å². The Bertz CT molecular complexity index is 708. The van der Waals surface area contributed by atoms with E-state index in [0.29, 0.717) is 23.4 Å². The van der Waals surface area contributed by atoms with E-state index in [4.69, 9.17) is 0 Å². The summed E-state index contributed by atoms with van der Waals surface area (Å²) >= 11 is 1.34. The van der Waals surface area contributed by atoms with Crippen LogP contribution in [-0.4, -0.2) is 34.1 Å². The Hall–Kier alpha value is -1.86. The summed E-state index contributed by atoms with van der Waals surface area (Å²) < 4.78 is 12.9. The van der Waals surface area contributed by atoms with Gasteiger partial charge in [-0.3, -0.25) is 9.69 Å². The topological polar surface area (TPSA) is 58.1 Å². The molecule has 2 unspecified atom stereocenters. The van der Waals surface area contributed by atoms with Gasteiger partial charge in [-0.1, -0.05) is 37.3 Å². The van der Waals surface area contributed by atoms with Gasteiger partial charge in [-0.15, -0.1) is 10.2 Å². The van der Waals surface area contributed by atoms with Crippen molar-refractivity contribution in [2.24, 2.45) is 11.8 Å². The van der Waals surface area contributed by atoms with Gasteiger partial charge in [-0.2, -0.15) is 0 Å². The first-order chi connectivity index (χ1) is 12.0. The highest BCUT2D eigenvalue weighted by molar-refractivity contribution is 7.13. The van der Waals surface area contributed by atoms with Crippen molar-refractivity contribution in [3.63, 3.8) is 0 Å². The van der Waals surface area contributed by atoms with Crippen LogP contribution < -0.4 is 5.32 Å². The Kier molecular flexibility index (Phi) is 5.75. The van der Waals surface area contributed by atoms with Crippen molar-refractivity contribution in [2.45, 2.75) is 33.4 Å². The van der Waals surface area contributed by atoms with Crippen molar-refractivity contribution < 1.29 is 9.18 Å². The van der Waals surface area contributed by atoms with Crippen molar-refractivity contribution in [1.82, 2.24) is 20.4 Å². The Morgan fingerprint density at radius 2 is 1.92 bits per heavy atom. The van der Waals surface area contributed by atoms with E-state index in [9.17, 15) is 9.18 Å². The largest absolute Gasteiger partial charge is 0.346 e. The average molecular weight is 362 g/mol. The predicted octanol–water partition coefficient (Wildman–Crippen LogP) is 3.09. The van der Waals surface area contributed by atoms with E-state index in [0.717, 1.165) is 30.2 Å². The van der Waals surface area contributed by atoms with Crippen molar-refractivity contribution in [3.05, 3.63) is 45.7 Å². The highest BCUT2D eigenvalue weighted by Crippen LogP contribution is 2.23. The lowest BCUT2D eigenvalue weighted by atomic mass is 9.92. The van der Waals surface area contributed by atoms with Gasteiger partial charge in [0.1, 0.15) is 10.8 Å². The molecule has 2 heterocycles. The molecule has 0 aliphatic carbocycles. The second kappa shape index (κ2) is 8.01. The summed E-state index contributed by atoms with van der Waals surface area (Å²) in [6.07, 6.45) is 1.27. The first-order valence-electron chi connectivity index (χ1n) is 8.57. The number of carbonyl (C=O) groups is 1. The fourth-order valence-electron chi connectivity index (χ4n) is 3.38. The Balaban J connectivity index is 1.53. The van der Waals surface area contributed by atoms with Crippen molar-refractivity contribution in [3.8, 4) is 0 Å². The van der Waals surface area contributed by atoms with Gasteiger partial charge < -0.3 is 5.32 Å². The molecular formula is C18H23FN4OS. The second-order valence-electron chi connectivity index (χ2n) is 6.95. The lowest BCUT2D eigenvalue weighted by Crippen LogP contribution is -2.38. The summed E-state index contributed by atoms with van der Waals surface area (Å²) in [5.41, 5.74) is 0.843. The molecular weight excluding hydrogens is 339 g/mol. The molecule has 1 aliphatic heterocycles. The molecule has 0 bridgehead atoms. The van der Waals surface area contributed by atoms with Gasteiger partial charge in [-0.25, -0.2) is 4.39 Å². The maximum atomic E-state index is 12.9.